The van der Waals surface area contributed by atoms with Crippen LogP contribution in [-0.2, 0) is 0 Å². The molecule has 1 aromatic rings. The minimum atomic E-state index is -0.880. The molecule has 1 atom stereocenters. The second-order valence-electron chi connectivity index (χ2n) is 2.63. The lowest BCUT2D eigenvalue weighted by Gasteiger charge is -2.09. The Morgan fingerprint density at radius 1 is 1.69 bits per heavy atom. The third-order valence-electron chi connectivity index (χ3n) is 1.63. The fourth-order valence-electron chi connectivity index (χ4n) is 0.985. The number of aliphatic hydroxyl groups excluding tert-OH is 1. The molecule has 0 aliphatic rings. The van der Waals surface area contributed by atoms with Gasteiger partial charge in [-0.1, -0.05) is 0 Å². The van der Waals surface area contributed by atoms with Crippen LogP contribution in [0.5, 0.6) is 0 Å². The number of hydrogen-bond donors (Lipinski definition) is 2. The van der Waals surface area contributed by atoms with Gasteiger partial charge in [-0.25, -0.2) is 4.98 Å². The van der Waals surface area contributed by atoms with Gasteiger partial charge in [0.15, 0.2) is 0 Å². The summed E-state index contributed by atoms with van der Waals surface area (Å²) in [5.41, 5.74) is 5.42. The molecule has 0 bridgehead atoms. The van der Waals surface area contributed by atoms with Gasteiger partial charge in [-0.3, -0.25) is 0 Å². The molecule has 0 aliphatic carbocycles. The first-order valence-corrected chi connectivity index (χ1v) is 4.63. The molecule has 0 radical (unpaired) electrons. The van der Waals surface area contributed by atoms with Gasteiger partial charge in [0.25, 0.3) is 0 Å². The lowest BCUT2D eigenvalue weighted by molar-refractivity contribution is 0.164. The topological polar surface area (TPSA) is 59.1 Å². The molecule has 0 amide bonds. The van der Waals surface area contributed by atoms with Crippen molar-refractivity contribution in [1.82, 2.24) is 4.98 Å². The summed E-state index contributed by atoms with van der Waals surface area (Å²) in [4.78, 5) is 3.47. The largest absolute Gasteiger partial charge is 0.388 e. The Labute approximate surface area is 83.9 Å². The van der Waals surface area contributed by atoms with Crippen molar-refractivity contribution in [3.63, 3.8) is 0 Å². The zero-order chi connectivity index (χ0) is 9.84. The van der Waals surface area contributed by atoms with Crippen LogP contribution in [0.15, 0.2) is 16.7 Å². The monoisotopic (exact) mass is 248 g/mol. The van der Waals surface area contributed by atoms with E-state index in [2.05, 4.69) is 20.9 Å². The highest BCUT2D eigenvalue weighted by molar-refractivity contribution is 9.10. The van der Waals surface area contributed by atoms with E-state index in [0.29, 0.717) is 17.4 Å². The lowest BCUT2D eigenvalue weighted by atomic mass is 10.1. The van der Waals surface area contributed by atoms with E-state index in [1.54, 1.807) is 0 Å². The van der Waals surface area contributed by atoms with Crippen molar-refractivity contribution in [2.75, 3.05) is 6.54 Å². The van der Waals surface area contributed by atoms with E-state index >= 15 is 0 Å². The van der Waals surface area contributed by atoms with E-state index in [4.69, 9.17) is 5.73 Å². The summed E-state index contributed by atoms with van der Waals surface area (Å²) < 4.78 is 13.6. The average Bonchev–Trinajstić information content (AvgIpc) is 2.09. The SMILES string of the molecule is NCCC(O)c1cc(Br)cnc1F. The van der Waals surface area contributed by atoms with Crippen LogP contribution < -0.4 is 5.73 Å². The molecule has 72 valence electrons. The molecule has 5 heteroatoms. The van der Waals surface area contributed by atoms with Crippen LogP contribution in [0.4, 0.5) is 4.39 Å². The van der Waals surface area contributed by atoms with Crippen molar-refractivity contribution >= 4 is 15.9 Å². The zero-order valence-corrected chi connectivity index (χ0v) is 8.46. The number of nitrogens with two attached hydrogens (primary N) is 1. The number of rotatable bonds is 3. The van der Waals surface area contributed by atoms with E-state index in [1.807, 2.05) is 0 Å². The first kappa shape index (κ1) is 10.6. The number of aliphatic hydroxyl groups is 1. The highest BCUT2D eigenvalue weighted by atomic mass is 79.9. The lowest BCUT2D eigenvalue weighted by Crippen LogP contribution is -2.09. The van der Waals surface area contributed by atoms with Crippen LogP contribution in [0, 0.1) is 5.95 Å². The summed E-state index contributed by atoms with van der Waals surface area (Å²) in [5, 5.41) is 9.44. The first-order valence-electron chi connectivity index (χ1n) is 3.84. The second kappa shape index (κ2) is 4.64. The van der Waals surface area contributed by atoms with Crippen molar-refractivity contribution in [3.05, 3.63) is 28.2 Å². The first-order chi connectivity index (χ1) is 6.15. The van der Waals surface area contributed by atoms with Gasteiger partial charge in [0.05, 0.1) is 6.10 Å². The Bertz CT molecular complexity index is 295. The number of pyridine rings is 1. The molecule has 0 saturated heterocycles. The van der Waals surface area contributed by atoms with Crippen LogP contribution in [0.25, 0.3) is 0 Å². The average molecular weight is 249 g/mol. The Morgan fingerprint density at radius 3 is 3.00 bits per heavy atom. The van der Waals surface area contributed by atoms with Gasteiger partial charge in [-0.15, -0.1) is 0 Å². The molecule has 0 aromatic carbocycles. The third kappa shape index (κ3) is 2.72. The fraction of sp³-hybridized carbons (Fsp3) is 0.375. The molecular weight excluding hydrogens is 239 g/mol. The Kier molecular flexibility index (Phi) is 3.77. The van der Waals surface area contributed by atoms with E-state index in [1.165, 1.54) is 12.3 Å². The van der Waals surface area contributed by atoms with Gasteiger partial charge in [-0.05, 0) is 35.0 Å². The summed E-state index contributed by atoms with van der Waals surface area (Å²) >= 11 is 3.14. The van der Waals surface area contributed by atoms with Gasteiger partial charge in [0, 0.05) is 16.2 Å². The maximum absolute atomic E-state index is 13.0. The second-order valence-corrected chi connectivity index (χ2v) is 3.54. The Morgan fingerprint density at radius 2 is 2.38 bits per heavy atom. The highest BCUT2D eigenvalue weighted by Crippen LogP contribution is 2.21. The molecular formula is C8H10BrFN2O. The summed E-state index contributed by atoms with van der Waals surface area (Å²) in [6.45, 7) is 0.313. The van der Waals surface area contributed by atoms with E-state index in [9.17, 15) is 9.50 Å². The predicted molar refractivity (Wildman–Crippen MR) is 50.5 cm³/mol. The van der Waals surface area contributed by atoms with Crippen molar-refractivity contribution in [1.29, 1.82) is 0 Å². The standard InChI is InChI=1S/C8H10BrFN2O/c9-5-3-6(7(13)1-2-11)8(10)12-4-5/h3-4,7,13H,1-2,11H2. The van der Waals surface area contributed by atoms with E-state index in [-0.39, 0.29) is 5.56 Å². The smallest absolute Gasteiger partial charge is 0.218 e. The van der Waals surface area contributed by atoms with Gasteiger partial charge in [0.1, 0.15) is 0 Å². The molecule has 1 heterocycles. The summed E-state index contributed by atoms with van der Waals surface area (Å²) in [5.74, 6) is -0.649. The molecule has 0 spiro atoms. The number of nitrogens with zero attached hydrogens (tertiary/aromatic N) is 1. The summed E-state index contributed by atoms with van der Waals surface area (Å²) in [6.07, 6.45) is 0.790. The summed E-state index contributed by atoms with van der Waals surface area (Å²) in [6, 6.07) is 1.50. The molecule has 0 aliphatic heterocycles. The zero-order valence-electron chi connectivity index (χ0n) is 6.87. The highest BCUT2D eigenvalue weighted by Gasteiger charge is 2.13. The molecule has 0 fully saturated rings. The Balaban J connectivity index is 2.91. The van der Waals surface area contributed by atoms with Crippen LogP contribution in [0.2, 0.25) is 0 Å². The minimum Gasteiger partial charge on any atom is -0.388 e. The van der Waals surface area contributed by atoms with Crippen LogP contribution in [0.3, 0.4) is 0 Å². The minimum absolute atomic E-state index is 0.180. The quantitative estimate of drug-likeness (QED) is 0.795. The Hall–Kier alpha value is -0.520. The number of halogens is 2. The van der Waals surface area contributed by atoms with Crippen LogP contribution in [0.1, 0.15) is 18.1 Å². The maximum atomic E-state index is 13.0. The van der Waals surface area contributed by atoms with E-state index in [0.717, 1.165) is 0 Å². The molecule has 3 nitrogen and oxygen atoms in total. The number of aromatic nitrogens is 1. The van der Waals surface area contributed by atoms with Crippen LogP contribution >= 0.6 is 15.9 Å². The van der Waals surface area contributed by atoms with Crippen molar-refractivity contribution in [2.45, 2.75) is 12.5 Å². The fourth-order valence-corrected chi connectivity index (χ4v) is 1.33. The normalized spacial score (nSPS) is 12.9. The molecule has 0 saturated carbocycles. The van der Waals surface area contributed by atoms with Gasteiger partial charge < -0.3 is 10.8 Å². The van der Waals surface area contributed by atoms with Gasteiger partial charge in [0.2, 0.25) is 5.95 Å². The third-order valence-corrected chi connectivity index (χ3v) is 2.07. The molecule has 1 aromatic heterocycles. The number of hydrogen-bond acceptors (Lipinski definition) is 3. The maximum Gasteiger partial charge on any atom is 0.218 e. The van der Waals surface area contributed by atoms with Crippen molar-refractivity contribution in [2.24, 2.45) is 5.73 Å². The van der Waals surface area contributed by atoms with Gasteiger partial charge >= 0.3 is 0 Å². The summed E-state index contributed by atoms with van der Waals surface area (Å²) in [7, 11) is 0. The van der Waals surface area contributed by atoms with Gasteiger partial charge in [-0.2, -0.15) is 4.39 Å². The molecule has 1 unspecified atom stereocenters. The van der Waals surface area contributed by atoms with Crippen LogP contribution in [-0.4, -0.2) is 16.6 Å². The molecule has 13 heavy (non-hydrogen) atoms. The van der Waals surface area contributed by atoms with Crippen molar-refractivity contribution < 1.29 is 9.50 Å². The predicted octanol–water partition coefficient (Wildman–Crippen LogP) is 1.37. The van der Waals surface area contributed by atoms with Crippen molar-refractivity contribution in [3.8, 4) is 0 Å². The molecule has 3 N–H and O–H groups in total. The van der Waals surface area contributed by atoms with E-state index < -0.39 is 12.1 Å². The molecule has 1 rings (SSSR count).